The number of methoxy groups -OCH3 is 1. The monoisotopic (exact) mass is 292 g/mol. The standard InChI is InChI=1S/C14H28N2O2.ClH/c1-13(2)6-10(7-14(3,4)9-13)16-12(17)11(8-15)18-5;/h10-11H,6-9,15H2,1-5H3,(H,16,17);1H. The smallest absolute Gasteiger partial charge is 0.250 e. The van der Waals surface area contributed by atoms with Crippen molar-refractivity contribution < 1.29 is 9.53 Å². The Balaban J connectivity index is 0.00000324. The van der Waals surface area contributed by atoms with Crippen LogP contribution in [0.15, 0.2) is 0 Å². The van der Waals surface area contributed by atoms with Crippen molar-refractivity contribution in [3.63, 3.8) is 0 Å². The number of rotatable bonds is 4. The first kappa shape index (κ1) is 18.7. The van der Waals surface area contributed by atoms with Crippen molar-refractivity contribution in [2.45, 2.75) is 59.1 Å². The van der Waals surface area contributed by atoms with Gasteiger partial charge < -0.3 is 15.8 Å². The van der Waals surface area contributed by atoms with Crippen LogP contribution in [-0.4, -0.2) is 31.7 Å². The minimum absolute atomic E-state index is 0. The van der Waals surface area contributed by atoms with Gasteiger partial charge in [-0.25, -0.2) is 0 Å². The fourth-order valence-electron chi connectivity index (χ4n) is 3.55. The van der Waals surface area contributed by atoms with E-state index >= 15 is 0 Å². The highest BCUT2D eigenvalue weighted by molar-refractivity contribution is 5.85. The van der Waals surface area contributed by atoms with Gasteiger partial charge in [0.2, 0.25) is 0 Å². The number of nitrogens with two attached hydrogens (primary N) is 1. The molecule has 0 heterocycles. The molecule has 1 fully saturated rings. The molecular formula is C14H29ClN2O2. The molecule has 1 unspecified atom stereocenters. The Labute approximate surface area is 123 Å². The summed E-state index contributed by atoms with van der Waals surface area (Å²) in [6.45, 7) is 9.29. The van der Waals surface area contributed by atoms with Crippen molar-refractivity contribution in [2.75, 3.05) is 13.7 Å². The Morgan fingerprint density at radius 1 is 1.32 bits per heavy atom. The van der Waals surface area contributed by atoms with Crippen LogP contribution in [0, 0.1) is 10.8 Å². The van der Waals surface area contributed by atoms with Crippen LogP contribution in [0.1, 0.15) is 47.0 Å². The highest BCUT2D eigenvalue weighted by Crippen LogP contribution is 2.45. The molecule has 1 atom stereocenters. The molecular weight excluding hydrogens is 264 g/mol. The van der Waals surface area contributed by atoms with Crippen LogP contribution in [0.5, 0.6) is 0 Å². The molecule has 0 bridgehead atoms. The summed E-state index contributed by atoms with van der Waals surface area (Å²) in [7, 11) is 1.52. The summed E-state index contributed by atoms with van der Waals surface area (Å²) in [4.78, 5) is 12.0. The van der Waals surface area contributed by atoms with E-state index in [2.05, 4.69) is 33.0 Å². The molecule has 0 saturated heterocycles. The van der Waals surface area contributed by atoms with Crippen LogP contribution >= 0.6 is 12.4 Å². The molecule has 5 heteroatoms. The van der Waals surface area contributed by atoms with E-state index in [-0.39, 0.29) is 41.7 Å². The van der Waals surface area contributed by atoms with Crippen LogP contribution in [0.3, 0.4) is 0 Å². The van der Waals surface area contributed by atoms with Crippen molar-refractivity contribution in [1.29, 1.82) is 0 Å². The lowest BCUT2D eigenvalue weighted by Crippen LogP contribution is -2.50. The van der Waals surface area contributed by atoms with Gasteiger partial charge in [0.15, 0.2) is 0 Å². The number of hydrogen-bond donors (Lipinski definition) is 2. The van der Waals surface area contributed by atoms with Crippen LogP contribution in [0.4, 0.5) is 0 Å². The van der Waals surface area contributed by atoms with Gasteiger partial charge in [-0.2, -0.15) is 0 Å². The SMILES string of the molecule is COC(CN)C(=O)NC1CC(C)(C)CC(C)(C)C1.Cl. The van der Waals surface area contributed by atoms with Gasteiger partial charge in [-0.3, -0.25) is 4.79 Å². The largest absolute Gasteiger partial charge is 0.370 e. The van der Waals surface area contributed by atoms with E-state index in [4.69, 9.17) is 10.5 Å². The molecule has 0 aromatic rings. The van der Waals surface area contributed by atoms with Crippen molar-refractivity contribution in [2.24, 2.45) is 16.6 Å². The van der Waals surface area contributed by atoms with Crippen LogP contribution in [-0.2, 0) is 9.53 Å². The summed E-state index contributed by atoms with van der Waals surface area (Å²) < 4.78 is 5.07. The number of hydrogen-bond acceptors (Lipinski definition) is 3. The molecule has 1 saturated carbocycles. The Morgan fingerprint density at radius 2 is 1.79 bits per heavy atom. The third-order valence-electron chi connectivity index (χ3n) is 3.69. The highest BCUT2D eigenvalue weighted by Gasteiger charge is 2.39. The normalized spacial score (nSPS) is 23.3. The molecule has 114 valence electrons. The predicted octanol–water partition coefficient (Wildman–Crippen LogP) is 2.10. The van der Waals surface area contributed by atoms with Crippen molar-refractivity contribution in [3.05, 3.63) is 0 Å². The number of halogens is 1. The summed E-state index contributed by atoms with van der Waals surface area (Å²) in [5, 5.41) is 3.09. The fourth-order valence-corrected chi connectivity index (χ4v) is 3.55. The molecule has 0 aliphatic heterocycles. The lowest BCUT2D eigenvalue weighted by atomic mass is 9.63. The first-order valence-corrected chi connectivity index (χ1v) is 6.72. The zero-order chi connectivity index (χ0) is 14.0. The zero-order valence-electron chi connectivity index (χ0n) is 12.8. The van der Waals surface area contributed by atoms with E-state index in [1.807, 2.05) is 0 Å². The topological polar surface area (TPSA) is 64.3 Å². The van der Waals surface area contributed by atoms with E-state index in [1.165, 1.54) is 13.5 Å². The maximum absolute atomic E-state index is 12.0. The molecule has 4 nitrogen and oxygen atoms in total. The van der Waals surface area contributed by atoms with Gasteiger partial charge in [0.1, 0.15) is 6.10 Å². The summed E-state index contributed by atoms with van der Waals surface area (Å²) in [5.41, 5.74) is 6.05. The van der Waals surface area contributed by atoms with E-state index < -0.39 is 6.10 Å². The summed E-state index contributed by atoms with van der Waals surface area (Å²) >= 11 is 0. The quantitative estimate of drug-likeness (QED) is 0.834. The fraction of sp³-hybridized carbons (Fsp3) is 0.929. The number of carbonyl (C=O) groups excluding carboxylic acids is 1. The maximum atomic E-state index is 12.0. The predicted molar refractivity (Wildman–Crippen MR) is 80.4 cm³/mol. The molecule has 3 N–H and O–H groups in total. The number of ether oxygens (including phenoxy) is 1. The average molecular weight is 293 g/mol. The molecule has 1 amide bonds. The second kappa shape index (κ2) is 6.91. The van der Waals surface area contributed by atoms with Crippen LogP contribution in [0.2, 0.25) is 0 Å². The molecule has 0 radical (unpaired) electrons. The number of amides is 1. The third-order valence-corrected chi connectivity index (χ3v) is 3.69. The van der Waals surface area contributed by atoms with Gasteiger partial charge in [0.05, 0.1) is 0 Å². The van der Waals surface area contributed by atoms with Crippen molar-refractivity contribution in [1.82, 2.24) is 5.32 Å². The third kappa shape index (κ3) is 5.67. The molecule has 1 aliphatic rings. The Kier molecular flexibility index (Phi) is 6.79. The first-order valence-electron chi connectivity index (χ1n) is 6.72. The van der Waals surface area contributed by atoms with Gasteiger partial charge in [-0.1, -0.05) is 27.7 Å². The minimum atomic E-state index is -0.529. The van der Waals surface area contributed by atoms with Crippen molar-refractivity contribution in [3.8, 4) is 0 Å². The molecule has 19 heavy (non-hydrogen) atoms. The first-order chi connectivity index (χ1) is 8.19. The van der Waals surface area contributed by atoms with Crippen molar-refractivity contribution >= 4 is 18.3 Å². The second-order valence-corrected chi connectivity index (χ2v) is 7.08. The lowest BCUT2D eigenvalue weighted by molar-refractivity contribution is -0.132. The molecule has 1 aliphatic carbocycles. The minimum Gasteiger partial charge on any atom is -0.370 e. The number of nitrogens with one attached hydrogen (secondary N) is 1. The zero-order valence-corrected chi connectivity index (χ0v) is 13.6. The van der Waals surface area contributed by atoms with E-state index in [0.717, 1.165) is 12.8 Å². The van der Waals surface area contributed by atoms with Crippen LogP contribution in [0.25, 0.3) is 0 Å². The van der Waals surface area contributed by atoms with E-state index in [9.17, 15) is 4.79 Å². The lowest BCUT2D eigenvalue weighted by Gasteiger charge is -2.45. The Bertz CT molecular complexity index is 286. The van der Waals surface area contributed by atoms with E-state index in [0.29, 0.717) is 0 Å². The van der Waals surface area contributed by atoms with Gasteiger partial charge in [-0.15, -0.1) is 12.4 Å². The maximum Gasteiger partial charge on any atom is 0.250 e. The van der Waals surface area contributed by atoms with Gasteiger partial charge in [0.25, 0.3) is 5.91 Å². The summed E-state index contributed by atoms with van der Waals surface area (Å²) in [5.74, 6) is -0.0847. The van der Waals surface area contributed by atoms with E-state index in [1.54, 1.807) is 0 Å². The van der Waals surface area contributed by atoms with Gasteiger partial charge >= 0.3 is 0 Å². The number of carbonyl (C=O) groups is 1. The van der Waals surface area contributed by atoms with Crippen LogP contribution < -0.4 is 11.1 Å². The molecule has 0 aromatic heterocycles. The molecule has 1 rings (SSSR count). The second-order valence-electron chi connectivity index (χ2n) is 7.08. The summed E-state index contributed by atoms with van der Waals surface area (Å²) in [6, 6.07) is 0.223. The average Bonchev–Trinajstić information content (AvgIpc) is 2.13. The Hall–Kier alpha value is -0.320. The van der Waals surface area contributed by atoms with Gasteiger partial charge in [-0.05, 0) is 30.1 Å². The molecule has 0 spiro atoms. The summed E-state index contributed by atoms with van der Waals surface area (Å²) in [6.07, 6.45) is 2.70. The molecule has 0 aromatic carbocycles. The Morgan fingerprint density at radius 3 is 2.16 bits per heavy atom. The highest BCUT2D eigenvalue weighted by atomic mass is 35.5. The van der Waals surface area contributed by atoms with Gasteiger partial charge in [0, 0.05) is 19.7 Å².